The van der Waals surface area contributed by atoms with Gasteiger partial charge in [-0.15, -0.1) is 0 Å². The molecule has 1 aliphatic rings. The second kappa shape index (κ2) is 6.49. The van der Waals surface area contributed by atoms with Gasteiger partial charge in [-0.2, -0.15) is 17.0 Å². The van der Waals surface area contributed by atoms with Gasteiger partial charge in [0.25, 0.3) is 10.2 Å². The molecule has 1 heterocycles. The molecule has 0 radical (unpaired) electrons. The summed E-state index contributed by atoms with van der Waals surface area (Å²) in [6, 6.07) is 0. The summed E-state index contributed by atoms with van der Waals surface area (Å²) in [5.41, 5.74) is 0. The first-order valence-corrected chi connectivity index (χ1v) is 7.67. The van der Waals surface area contributed by atoms with E-state index in [1.54, 1.807) is 0 Å². The second-order valence-corrected chi connectivity index (χ2v) is 6.94. The van der Waals surface area contributed by atoms with E-state index in [4.69, 9.17) is 5.11 Å². The first kappa shape index (κ1) is 15.4. The Morgan fingerprint density at radius 2 is 2.06 bits per heavy atom. The Kier molecular flexibility index (Phi) is 5.55. The van der Waals surface area contributed by atoms with E-state index in [9.17, 15) is 13.2 Å². The SMILES string of the molecule is CC1CCCN(S(=O)(=O)N(C)CCC(=O)O)CC1. The highest BCUT2D eigenvalue weighted by atomic mass is 32.2. The third-order valence-electron chi connectivity index (χ3n) is 3.34. The molecule has 1 fully saturated rings. The minimum atomic E-state index is -3.50. The molecule has 0 aromatic carbocycles. The fraction of sp³-hybridized carbons (Fsp3) is 0.909. The fourth-order valence-corrected chi connectivity index (χ4v) is 3.45. The van der Waals surface area contributed by atoms with E-state index in [0.717, 1.165) is 23.6 Å². The summed E-state index contributed by atoms with van der Waals surface area (Å²) >= 11 is 0. The number of carboxylic acid groups (broad SMARTS) is 1. The summed E-state index contributed by atoms with van der Waals surface area (Å²) in [7, 11) is -2.06. The molecule has 0 amide bonds. The molecule has 0 spiro atoms. The van der Waals surface area contributed by atoms with E-state index < -0.39 is 16.2 Å². The maximum Gasteiger partial charge on any atom is 0.304 e. The number of nitrogens with zero attached hydrogens (tertiary/aromatic N) is 2. The first-order valence-electron chi connectivity index (χ1n) is 6.27. The van der Waals surface area contributed by atoms with E-state index in [1.807, 2.05) is 0 Å². The van der Waals surface area contributed by atoms with Crippen LogP contribution in [0.25, 0.3) is 0 Å². The van der Waals surface area contributed by atoms with E-state index in [-0.39, 0.29) is 13.0 Å². The Morgan fingerprint density at radius 1 is 1.39 bits per heavy atom. The molecule has 18 heavy (non-hydrogen) atoms. The van der Waals surface area contributed by atoms with Crippen LogP contribution in [0, 0.1) is 5.92 Å². The molecule has 1 saturated heterocycles. The fourth-order valence-electron chi connectivity index (χ4n) is 2.03. The van der Waals surface area contributed by atoms with Crippen molar-refractivity contribution in [3.63, 3.8) is 0 Å². The quantitative estimate of drug-likeness (QED) is 0.805. The lowest BCUT2D eigenvalue weighted by atomic mass is 10.0. The van der Waals surface area contributed by atoms with Crippen molar-refractivity contribution in [2.75, 3.05) is 26.7 Å². The lowest BCUT2D eigenvalue weighted by Crippen LogP contribution is -2.43. The van der Waals surface area contributed by atoms with E-state index >= 15 is 0 Å². The molecule has 0 aromatic rings. The number of hydrogen-bond donors (Lipinski definition) is 1. The highest BCUT2D eigenvalue weighted by Crippen LogP contribution is 2.19. The van der Waals surface area contributed by atoms with Crippen LogP contribution in [0.2, 0.25) is 0 Å². The minimum Gasteiger partial charge on any atom is -0.481 e. The van der Waals surface area contributed by atoms with Gasteiger partial charge in [0, 0.05) is 26.7 Å². The van der Waals surface area contributed by atoms with Gasteiger partial charge in [-0.25, -0.2) is 0 Å². The molecular formula is C11H22N2O4S. The predicted octanol–water partition coefficient (Wildman–Crippen LogP) is 0.760. The smallest absolute Gasteiger partial charge is 0.304 e. The van der Waals surface area contributed by atoms with Crippen molar-refractivity contribution in [3.05, 3.63) is 0 Å². The number of carboxylic acids is 1. The minimum absolute atomic E-state index is 0.0176. The predicted molar refractivity (Wildman–Crippen MR) is 68.4 cm³/mol. The van der Waals surface area contributed by atoms with Crippen molar-refractivity contribution in [2.24, 2.45) is 5.92 Å². The monoisotopic (exact) mass is 278 g/mol. The number of carbonyl (C=O) groups is 1. The maximum atomic E-state index is 12.2. The van der Waals surface area contributed by atoms with Crippen LogP contribution in [-0.2, 0) is 15.0 Å². The topological polar surface area (TPSA) is 77.9 Å². The number of aliphatic carboxylic acids is 1. The first-order chi connectivity index (χ1) is 8.34. The van der Waals surface area contributed by atoms with Crippen LogP contribution in [-0.4, -0.2) is 54.8 Å². The Bertz CT molecular complexity index is 383. The van der Waals surface area contributed by atoms with Crippen molar-refractivity contribution in [1.82, 2.24) is 8.61 Å². The van der Waals surface area contributed by atoms with Crippen LogP contribution >= 0.6 is 0 Å². The van der Waals surface area contributed by atoms with Crippen molar-refractivity contribution in [1.29, 1.82) is 0 Å². The molecule has 0 saturated carbocycles. The molecule has 7 heteroatoms. The highest BCUT2D eigenvalue weighted by molar-refractivity contribution is 7.86. The van der Waals surface area contributed by atoms with Gasteiger partial charge >= 0.3 is 5.97 Å². The average molecular weight is 278 g/mol. The van der Waals surface area contributed by atoms with Crippen molar-refractivity contribution in [3.8, 4) is 0 Å². The van der Waals surface area contributed by atoms with E-state index in [0.29, 0.717) is 19.0 Å². The van der Waals surface area contributed by atoms with E-state index in [2.05, 4.69) is 6.92 Å². The molecular weight excluding hydrogens is 256 g/mol. The molecule has 6 nitrogen and oxygen atoms in total. The molecule has 1 unspecified atom stereocenters. The zero-order valence-electron chi connectivity index (χ0n) is 11.0. The van der Waals surface area contributed by atoms with Crippen LogP contribution in [0.15, 0.2) is 0 Å². The Morgan fingerprint density at radius 3 is 2.67 bits per heavy atom. The van der Waals surface area contributed by atoms with Gasteiger partial charge in [-0.1, -0.05) is 6.92 Å². The number of hydrogen-bond acceptors (Lipinski definition) is 3. The van der Waals surface area contributed by atoms with Gasteiger partial charge in [0.15, 0.2) is 0 Å². The van der Waals surface area contributed by atoms with Crippen LogP contribution in [0.3, 0.4) is 0 Å². The summed E-state index contributed by atoms with van der Waals surface area (Å²) in [5.74, 6) is -0.434. The summed E-state index contributed by atoms with van der Waals surface area (Å²) in [5, 5.41) is 8.58. The van der Waals surface area contributed by atoms with E-state index in [1.165, 1.54) is 11.4 Å². The normalized spacial score (nSPS) is 22.9. The van der Waals surface area contributed by atoms with Crippen LogP contribution < -0.4 is 0 Å². The zero-order valence-corrected chi connectivity index (χ0v) is 11.8. The molecule has 0 aliphatic carbocycles. The number of rotatable bonds is 5. The third-order valence-corrected chi connectivity index (χ3v) is 5.32. The molecule has 106 valence electrons. The third kappa shape index (κ3) is 4.22. The second-order valence-electron chi connectivity index (χ2n) is 4.91. The molecule has 0 bridgehead atoms. The van der Waals surface area contributed by atoms with Gasteiger partial charge in [0.1, 0.15) is 0 Å². The van der Waals surface area contributed by atoms with Gasteiger partial charge in [-0.05, 0) is 25.2 Å². The average Bonchev–Trinajstić information content (AvgIpc) is 2.50. The largest absolute Gasteiger partial charge is 0.481 e. The molecule has 1 N–H and O–H groups in total. The van der Waals surface area contributed by atoms with Gasteiger partial charge < -0.3 is 5.11 Å². The lowest BCUT2D eigenvalue weighted by molar-refractivity contribution is -0.137. The summed E-state index contributed by atoms with van der Waals surface area (Å²) in [4.78, 5) is 10.5. The van der Waals surface area contributed by atoms with Gasteiger partial charge in [0.2, 0.25) is 0 Å². The van der Waals surface area contributed by atoms with Gasteiger partial charge in [0.05, 0.1) is 6.42 Å². The molecule has 1 aliphatic heterocycles. The van der Waals surface area contributed by atoms with Crippen LogP contribution in [0.4, 0.5) is 0 Å². The summed E-state index contributed by atoms with van der Waals surface area (Å²) in [6.07, 6.45) is 2.62. The molecule has 0 aromatic heterocycles. The lowest BCUT2D eigenvalue weighted by Gasteiger charge is -2.26. The maximum absolute atomic E-state index is 12.2. The standard InChI is InChI=1S/C11H22N2O4S/c1-10-4-3-7-13(9-5-10)18(16,17)12(2)8-6-11(14)15/h10H,3-9H2,1-2H3,(H,14,15). The van der Waals surface area contributed by atoms with Gasteiger partial charge in [-0.3, -0.25) is 4.79 Å². The Balaban J connectivity index is 2.63. The molecule has 1 rings (SSSR count). The van der Waals surface area contributed by atoms with Crippen molar-refractivity contribution in [2.45, 2.75) is 32.6 Å². The molecule has 1 atom stereocenters. The van der Waals surface area contributed by atoms with Crippen molar-refractivity contribution >= 4 is 16.2 Å². The Labute approximate surface area is 109 Å². The Hall–Kier alpha value is -0.660. The summed E-state index contributed by atoms with van der Waals surface area (Å²) < 4.78 is 27.0. The van der Waals surface area contributed by atoms with Crippen molar-refractivity contribution < 1.29 is 18.3 Å². The van der Waals surface area contributed by atoms with Crippen LogP contribution in [0.1, 0.15) is 32.6 Å². The highest BCUT2D eigenvalue weighted by Gasteiger charge is 2.28. The zero-order chi connectivity index (χ0) is 13.8. The summed E-state index contributed by atoms with van der Waals surface area (Å²) in [6.45, 7) is 3.21. The van der Waals surface area contributed by atoms with Crippen LogP contribution in [0.5, 0.6) is 0 Å².